The molecule has 1 atom stereocenters. The van der Waals surface area contributed by atoms with Gasteiger partial charge in [-0.05, 0) is 38.1 Å². The quantitative estimate of drug-likeness (QED) is 0.751. The molecule has 0 fully saturated rings. The molecule has 0 aromatic heterocycles. The largest absolute Gasteiger partial charge is 0.494 e. The molecule has 21 heavy (non-hydrogen) atoms. The van der Waals surface area contributed by atoms with Crippen molar-refractivity contribution in [3.05, 3.63) is 58.7 Å². The Morgan fingerprint density at radius 1 is 1.19 bits per heavy atom. The van der Waals surface area contributed by atoms with Gasteiger partial charge in [0.25, 0.3) is 5.95 Å². The average Bonchev–Trinajstić information content (AvgIpc) is 2.48. The van der Waals surface area contributed by atoms with E-state index in [4.69, 9.17) is 25.8 Å². The number of benzene rings is 1. The van der Waals surface area contributed by atoms with Gasteiger partial charge in [0.15, 0.2) is 6.10 Å². The summed E-state index contributed by atoms with van der Waals surface area (Å²) in [6, 6.07) is 6.68. The molecule has 1 aromatic rings. The molecule has 2 rings (SSSR count). The van der Waals surface area contributed by atoms with E-state index < -0.39 is 6.10 Å². The van der Waals surface area contributed by atoms with E-state index in [-0.39, 0.29) is 11.7 Å². The van der Waals surface area contributed by atoms with Gasteiger partial charge >= 0.3 is 0 Å². The predicted octanol–water partition coefficient (Wildman–Crippen LogP) is 3.72. The smallest absolute Gasteiger partial charge is 0.283 e. The molecule has 0 amide bonds. The number of ketones is 1. The van der Waals surface area contributed by atoms with Crippen molar-refractivity contribution in [3.63, 3.8) is 0 Å². The van der Waals surface area contributed by atoms with Crippen LogP contribution in [0.25, 0.3) is 0 Å². The monoisotopic (exact) mass is 308 g/mol. The van der Waals surface area contributed by atoms with Gasteiger partial charge in [-0.25, -0.2) is 0 Å². The standard InChI is InChI=1S/C16H17ClO4/c1-3-19-13-9-14(21-15(10-13)20-4-2)16(18)11-5-7-12(17)8-6-11/h5-10,14H,3-4H2,1-2H3. The summed E-state index contributed by atoms with van der Waals surface area (Å²) in [5.41, 5.74) is 0.522. The Morgan fingerprint density at radius 3 is 2.48 bits per heavy atom. The molecule has 0 spiro atoms. The molecule has 0 aliphatic carbocycles. The first-order valence-electron chi connectivity index (χ1n) is 6.79. The minimum atomic E-state index is -0.765. The Kier molecular flexibility index (Phi) is 5.28. The van der Waals surface area contributed by atoms with Crippen LogP contribution in [0.1, 0.15) is 24.2 Å². The van der Waals surface area contributed by atoms with Crippen molar-refractivity contribution in [2.24, 2.45) is 0 Å². The topological polar surface area (TPSA) is 44.8 Å². The zero-order valence-electron chi connectivity index (χ0n) is 12.0. The summed E-state index contributed by atoms with van der Waals surface area (Å²) in [6.45, 7) is 4.68. The number of ether oxygens (including phenoxy) is 3. The number of hydrogen-bond acceptors (Lipinski definition) is 4. The van der Waals surface area contributed by atoms with Gasteiger partial charge in [0.05, 0.1) is 19.3 Å². The maximum absolute atomic E-state index is 12.5. The minimum absolute atomic E-state index is 0.172. The van der Waals surface area contributed by atoms with Crippen molar-refractivity contribution in [2.45, 2.75) is 20.0 Å². The maximum Gasteiger partial charge on any atom is 0.283 e. The second kappa shape index (κ2) is 7.18. The van der Waals surface area contributed by atoms with Crippen LogP contribution in [-0.4, -0.2) is 25.1 Å². The van der Waals surface area contributed by atoms with Crippen LogP contribution < -0.4 is 0 Å². The highest BCUT2D eigenvalue weighted by molar-refractivity contribution is 6.30. The molecule has 1 aromatic carbocycles. The van der Waals surface area contributed by atoms with Crippen LogP contribution in [0.3, 0.4) is 0 Å². The maximum atomic E-state index is 12.5. The zero-order valence-corrected chi connectivity index (χ0v) is 12.7. The molecule has 4 nitrogen and oxygen atoms in total. The fourth-order valence-electron chi connectivity index (χ4n) is 1.89. The molecule has 0 radical (unpaired) electrons. The number of allylic oxidation sites excluding steroid dienone is 1. The Labute approximate surface area is 129 Å². The molecule has 0 bridgehead atoms. The Morgan fingerprint density at radius 2 is 1.86 bits per heavy atom. The third-order valence-corrected chi connectivity index (χ3v) is 3.06. The van der Waals surface area contributed by atoms with Crippen molar-refractivity contribution in [3.8, 4) is 0 Å². The lowest BCUT2D eigenvalue weighted by Gasteiger charge is -2.22. The summed E-state index contributed by atoms with van der Waals surface area (Å²) in [5, 5.41) is 0.580. The molecule has 1 heterocycles. The van der Waals surface area contributed by atoms with E-state index in [1.165, 1.54) is 0 Å². The van der Waals surface area contributed by atoms with Crippen LogP contribution in [0.2, 0.25) is 5.02 Å². The van der Waals surface area contributed by atoms with Crippen LogP contribution in [0.4, 0.5) is 0 Å². The fourth-order valence-corrected chi connectivity index (χ4v) is 2.01. The van der Waals surface area contributed by atoms with Gasteiger partial charge < -0.3 is 14.2 Å². The van der Waals surface area contributed by atoms with Gasteiger partial charge in [0.1, 0.15) is 5.76 Å². The van der Waals surface area contributed by atoms with Crippen LogP contribution >= 0.6 is 11.6 Å². The number of carbonyl (C=O) groups excluding carboxylic acids is 1. The lowest BCUT2D eigenvalue weighted by molar-refractivity contribution is 0.00906. The van der Waals surface area contributed by atoms with E-state index in [0.29, 0.717) is 29.6 Å². The van der Waals surface area contributed by atoms with E-state index in [2.05, 4.69) is 0 Å². The van der Waals surface area contributed by atoms with Gasteiger partial charge in [-0.1, -0.05) is 11.6 Å². The predicted molar refractivity (Wildman–Crippen MR) is 80.1 cm³/mol. The van der Waals surface area contributed by atoms with E-state index in [0.717, 1.165) is 0 Å². The summed E-state index contributed by atoms with van der Waals surface area (Å²) in [4.78, 5) is 12.5. The minimum Gasteiger partial charge on any atom is -0.494 e. The molecular weight excluding hydrogens is 292 g/mol. The third kappa shape index (κ3) is 4.02. The molecule has 0 saturated heterocycles. The molecule has 0 N–H and O–H groups in total. The second-order valence-corrected chi connectivity index (χ2v) is 4.74. The molecule has 1 aliphatic rings. The van der Waals surface area contributed by atoms with Crippen molar-refractivity contribution in [2.75, 3.05) is 13.2 Å². The van der Waals surface area contributed by atoms with Crippen LogP contribution in [0.5, 0.6) is 0 Å². The zero-order chi connectivity index (χ0) is 15.2. The first-order valence-corrected chi connectivity index (χ1v) is 7.17. The highest BCUT2D eigenvalue weighted by atomic mass is 35.5. The van der Waals surface area contributed by atoms with E-state index in [9.17, 15) is 4.79 Å². The van der Waals surface area contributed by atoms with E-state index in [1.54, 1.807) is 36.4 Å². The van der Waals surface area contributed by atoms with E-state index >= 15 is 0 Å². The first-order chi connectivity index (χ1) is 10.1. The highest BCUT2D eigenvalue weighted by Crippen LogP contribution is 2.22. The number of Topliss-reactive ketones (excluding diaryl/α,β-unsaturated/α-hetero) is 1. The summed E-state index contributed by atoms with van der Waals surface area (Å²) in [6.07, 6.45) is 2.51. The SMILES string of the molecule is CCOC1=CC(C(=O)c2ccc(Cl)cc2)OC(OCC)=C1. The number of rotatable bonds is 6. The fraction of sp³-hybridized carbons (Fsp3) is 0.312. The van der Waals surface area contributed by atoms with Crippen LogP contribution in [-0.2, 0) is 14.2 Å². The summed E-state index contributed by atoms with van der Waals surface area (Å²) >= 11 is 5.83. The molecule has 112 valence electrons. The molecule has 1 aliphatic heterocycles. The van der Waals surface area contributed by atoms with Crippen LogP contribution in [0, 0.1) is 0 Å². The van der Waals surface area contributed by atoms with Crippen molar-refractivity contribution < 1.29 is 19.0 Å². The van der Waals surface area contributed by atoms with Gasteiger partial charge in [-0.3, -0.25) is 4.79 Å². The van der Waals surface area contributed by atoms with Gasteiger partial charge in [-0.2, -0.15) is 0 Å². The number of halogens is 1. The second-order valence-electron chi connectivity index (χ2n) is 4.31. The lowest BCUT2D eigenvalue weighted by atomic mass is 10.0. The molecule has 1 unspecified atom stereocenters. The van der Waals surface area contributed by atoms with Gasteiger partial charge in [0, 0.05) is 16.7 Å². The molecule has 0 saturated carbocycles. The summed E-state index contributed by atoms with van der Waals surface area (Å²) < 4.78 is 16.3. The van der Waals surface area contributed by atoms with Crippen molar-refractivity contribution in [1.29, 1.82) is 0 Å². The summed E-state index contributed by atoms with van der Waals surface area (Å²) in [5.74, 6) is 0.685. The Hall–Kier alpha value is -1.94. The van der Waals surface area contributed by atoms with Crippen molar-refractivity contribution in [1.82, 2.24) is 0 Å². The normalized spacial score (nSPS) is 17.4. The average molecular weight is 309 g/mol. The number of carbonyl (C=O) groups is 1. The third-order valence-electron chi connectivity index (χ3n) is 2.80. The van der Waals surface area contributed by atoms with Gasteiger partial charge in [0.2, 0.25) is 5.78 Å². The Bertz CT molecular complexity index is 560. The first kappa shape index (κ1) is 15.4. The molecule has 5 heteroatoms. The van der Waals surface area contributed by atoms with E-state index in [1.807, 2.05) is 13.8 Å². The van der Waals surface area contributed by atoms with Crippen LogP contribution in [0.15, 0.2) is 48.1 Å². The van der Waals surface area contributed by atoms with Crippen molar-refractivity contribution >= 4 is 17.4 Å². The number of hydrogen-bond donors (Lipinski definition) is 0. The lowest BCUT2D eigenvalue weighted by Crippen LogP contribution is -2.26. The molecular formula is C16H17ClO4. The van der Waals surface area contributed by atoms with Gasteiger partial charge in [-0.15, -0.1) is 0 Å². The summed E-state index contributed by atoms with van der Waals surface area (Å²) in [7, 11) is 0. The highest BCUT2D eigenvalue weighted by Gasteiger charge is 2.26. The Balaban J connectivity index is 2.20.